The topological polar surface area (TPSA) is 6.25 Å². The van der Waals surface area contributed by atoms with Crippen LogP contribution in [-0.2, 0) is 10.8 Å². The van der Waals surface area contributed by atoms with E-state index in [0.717, 1.165) is 13.1 Å². The summed E-state index contributed by atoms with van der Waals surface area (Å²) in [7, 11) is 0. The van der Waals surface area contributed by atoms with Crippen LogP contribution < -0.4 is 28.9 Å². The number of anilines is 1. The summed E-state index contributed by atoms with van der Waals surface area (Å²) in [5.74, 6) is 0. The number of benzene rings is 4. The Hall–Kier alpha value is -3.44. The van der Waals surface area contributed by atoms with Gasteiger partial charge in [0.05, 0.1) is 5.41 Å². The van der Waals surface area contributed by atoms with E-state index in [9.17, 15) is 0 Å². The molecule has 0 unspecified atom stereocenters. The minimum absolute atomic E-state index is 0. The van der Waals surface area contributed by atoms with Gasteiger partial charge < -0.3 is 28.9 Å². The van der Waals surface area contributed by atoms with Gasteiger partial charge in [-0.2, -0.15) is 4.58 Å². The summed E-state index contributed by atoms with van der Waals surface area (Å²) in [5, 5.41) is 5.42. The molecule has 3 heteroatoms. The first-order valence-corrected chi connectivity index (χ1v) is 21.0. The van der Waals surface area contributed by atoms with Gasteiger partial charge in [-0.1, -0.05) is 170 Å². The van der Waals surface area contributed by atoms with E-state index in [2.05, 4.69) is 166 Å². The van der Waals surface area contributed by atoms with Crippen molar-refractivity contribution in [2.24, 2.45) is 0 Å². The van der Waals surface area contributed by atoms with Gasteiger partial charge in [0.1, 0.15) is 6.54 Å². The van der Waals surface area contributed by atoms with Crippen LogP contribution in [0.2, 0.25) is 0 Å². The van der Waals surface area contributed by atoms with Crippen LogP contribution in [-0.4, -0.2) is 23.4 Å². The molecule has 2 heterocycles. The average Bonchev–Trinajstić information content (AvgIpc) is 3.52. The molecule has 0 bridgehead atoms. The Kier molecular flexibility index (Phi) is 15.0. The van der Waals surface area contributed by atoms with Crippen molar-refractivity contribution in [3.8, 4) is 0 Å². The Morgan fingerprint density at radius 2 is 1.11 bits per heavy atom. The lowest BCUT2D eigenvalue weighted by atomic mass is 9.79. The molecule has 0 aliphatic carbocycles. The molecule has 0 N–H and O–H groups in total. The maximum absolute atomic E-state index is 2.62. The smallest absolute Gasteiger partial charge is 0.210 e. The quantitative estimate of drug-likeness (QED) is 0.0419. The number of hydrogen-bond acceptors (Lipinski definition) is 1. The first-order chi connectivity index (χ1) is 25.8. The zero-order chi connectivity index (χ0) is 37.3. The number of hydrogen-bond donors (Lipinski definition) is 0. The number of halogens is 1. The third kappa shape index (κ3) is 8.99. The number of rotatable bonds is 18. The minimum Gasteiger partial charge on any atom is -1.00 e. The fourth-order valence-corrected chi connectivity index (χ4v) is 9.14. The van der Waals surface area contributed by atoms with Gasteiger partial charge in [0.25, 0.3) is 0 Å². The third-order valence-electron chi connectivity index (χ3n) is 11.9. The third-order valence-corrected chi connectivity index (χ3v) is 11.9. The second-order valence-corrected chi connectivity index (χ2v) is 16.5. The molecule has 0 saturated carbocycles. The van der Waals surface area contributed by atoms with Crippen molar-refractivity contribution in [3.05, 3.63) is 132 Å². The van der Waals surface area contributed by atoms with Crippen molar-refractivity contribution < 1.29 is 28.6 Å². The van der Waals surface area contributed by atoms with Crippen molar-refractivity contribution >= 4 is 38.6 Å². The van der Waals surface area contributed by atoms with Gasteiger partial charge in [-0.15, -0.1) is 0 Å². The lowest BCUT2D eigenvalue weighted by Crippen LogP contribution is -3.00. The molecule has 0 aromatic heterocycles. The first kappa shape index (κ1) is 41.7. The molecule has 2 nitrogen and oxygen atoms in total. The molecular formula is C51H65IN2. The standard InChI is InChI=1S/C51H65N2.HI/c1-7-9-11-13-18-26-38-52-44-36-34-40-28-22-24-30-42(40)48(44)50(3,4)46(52)32-20-16-15-17-21-33-47-51(5,6)49-43-31-25-23-29-41(43)35-37-45(49)53(47)39-27-19-14-12-10-8-2;/h15-17,20-25,28-37H,7-14,18-19,26-27,38-39H2,1-6H3;1H/q+1;/p-1. The molecule has 54 heavy (non-hydrogen) atoms. The Morgan fingerprint density at radius 3 is 1.80 bits per heavy atom. The molecule has 0 atom stereocenters. The number of nitrogens with zero attached hydrogens (tertiary/aromatic N) is 2. The molecule has 6 rings (SSSR count). The Balaban J connectivity index is 0.00000561. The van der Waals surface area contributed by atoms with E-state index < -0.39 is 0 Å². The Bertz CT molecular complexity index is 2020. The number of unbranched alkanes of at least 4 members (excludes halogenated alkanes) is 10. The summed E-state index contributed by atoms with van der Waals surface area (Å²) in [6, 6.07) is 27.2. The van der Waals surface area contributed by atoms with Gasteiger partial charge in [-0.25, -0.2) is 0 Å². The van der Waals surface area contributed by atoms with Gasteiger partial charge in [0, 0.05) is 47.5 Å². The zero-order valence-electron chi connectivity index (χ0n) is 34.1. The molecule has 0 spiro atoms. The molecule has 2 aliphatic heterocycles. The van der Waals surface area contributed by atoms with E-state index >= 15 is 0 Å². The van der Waals surface area contributed by atoms with Crippen molar-refractivity contribution in [2.45, 2.75) is 129 Å². The van der Waals surface area contributed by atoms with Crippen LogP contribution in [0.25, 0.3) is 21.5 Å². The van der Waals surface area contributed by atoms with Gasteiger partial charge in [0.15, 0.2) is 5.71 Å². The van der Waals surface area contributed by atoms with E-state index in [0.29, 0.717) is 0 Å². The Morgan fingerprint density at radius 1 is 0.556 bits per heavy atom. The van der Waals surface area contributed by atoms with Gasteiger partial charge in [-0.3, -0.25) is 0 Å². The van der Waals surface area contributed by atoms with E-state index in [1.807, 2.05) is 0 Å². The van der Waals surface area contributed by atoms with E-state index in [1.54, 1.807) is 0 Å². The summed E-state index contributed by atoms with van der Waals surface area (Å²) < 4.78 is 2.62. The van der Waals surface area contributed by atoms with Crippen molar-refractivity contribution in [1.82, 2.24) is 0 Å². The molecule has 0 saturated heterocycles. The van der Waals surface area contributed by atoms with Crippen molar-refractivity contribution in [2.75, 3.05) is 18.0 Å². The second-order valence-electron chi connectivity index (χ2n) is 16.5. The normalized spacial score (nSPS) is 16.9. The van der Waals surface area contributed by atoms with Gasteiger partial charge >= 0.3 is 0 Å². The summed E-state index contributed by atoms with van der Waals surface area (Å²) in [4.78, 5) is 2.62. The fourth-order valence-electron chi connectivity index (χ4n) is 9.14. The van der Waals surface area contributed by atoms with Crippen molar-refractivity contribution in [3.63, 3.8) is 0 Å². The van der Waals surface area contributed by atoms with Crippen LogP contribution in [0.4, 0.5) is 11.4 Å². The molecule has 0 radical (unpaired) electrons. The monoisotopic (exact) mass is 832 g/mol. The van der Waals surface area contributed by atoms with Crippen LogP contribution in [0.1, 0.15) is 130 Å². The van der Waals surface area contributed by atoms with Crippen LogP contribution in [0, 0.1) is 0 Å². The van der Waals surface area contributed by atoms with E-state index in [4.69, 9.17) is 0 Å². The van der Waals surface area contributed by atoms with Crippen LogP contribution in [0.15, 0.2) is 121 Å². The molecular weight excluding hydrogens is 767 g/mol. The van der Waals surface area contributed by atoms with Crippen molar-refractivity contribution in [1.29, 1.82) is 0 Å². The SMILES string of the molecule is CCCCCCCCN1/C(=C/C=C/C=C/C=C/C2=[N+](CCCCCCCC)c3ccc4ccccc4c3C2(C)C)C(C)(C)c2c1ccc1ccccc21.[I-]. The summed E-state index contributed by atoms with van der Waals surface area (Å²) in [5.41, 5.74) is 8.36. The lowest BCUT2D eigenvalue weighted by Gasteiger charge is -2.27. The van der Waals surface area contributed by atoms with Crippen LogP contribution in [0.5, 0.6) is 0 Å². The second kappa shape index (κ2) is 19.4. The number of allylic oxidation sites excluding steroid dienone is 8. The molecule has 4 aromatic carbocycles. The van der Waals surface area contributed by atoms with Crippen LogP contribution in [0.3, 0.4) is 0 Å². The maximum Gasteiger partial charge on any atom is 0.210 e. The minimum atomic E-state index is -0.0737. The molecule has 2 aliphatic rings. The zero-order valence-corrected chi connectivity index (χ0v) is 36.3. The first-order valence-electron chi connectivity index (χ1n) is 21.0. The lowest BCUT2D eigenvalue weighted by molar-refractivity contribution is -0.438. The molecule has 0 fully saturated rings. The fraction of sp³-hybridized carbons (Fsp3) is 0.431. The molecule has 4 aromatic rings. The predicted molar refractivity (Wildman–Crippen MR) is 233 cm³/mol. The van der Waals surface area contributed by atoms with Gasteiger partial charge in [-0.05, 0) is 72.0 Å². The average molecular weight is 833 g/mol. The largest absolute Gasteiger partial charge is 1.00 e. The highest BCUT2D eigenvalue weighted by Gasteiger charge is 2.45. The summed E-state index contributed by atoms with van der Waals surface area (Å²) >= 11 is 0. The maximum atomic E-state index is 2.62. The van der Waals surface area contributed by atoms with E-state index in [1.165, 1.54) is 133 Å². The van der Waals surface area contributed by atoms with E-state index in [-0.39, 0.29) is 34.8 Å². The summed E-state index contributed by atoms with van der Waals surface area (Å²) in [6.45, 7) is 16.4. The summed E-state index contributed by atoms with van der Waals surface area (Å²) in [6.07, 6.45) is 31.6. The molecule has 286 valence electrons. The highest BCUT2D eigenvalue weighted by Crippen LogP contribution is 2.51. The highest BCUT2D eigenvalue weighted by molar-refractivity contribution is 6.07. The highest BCUT2D eigenvalue weighted by atomic mass is 127. The Labute approximate surface area is 344 Å². The molecule has 0 amide bonds. The van der Waals surface area contributed by atoms with Crippen LogP contribution >= 0.6 is 0 Å². The number of fused-ring (bicyclic) bond motifs is 6. The predicted octanol–water partition coefficient (Wildman–Crippen LogP) is 11.4. The van der Waals surface area contributed by atoms with Gasteiger partial charge in [0.2, 0.25) is 5.69 Å².